The van der Waals surface area contributed by atoms with E-state index >= 15 is 0 Å². The van der Waals surface area contributed by atoms with Crippen LogP contribution in [-0.4, -0.2) is 65.5 Å². The van der Waals surface area contributed by atoms with E-state index in [0.29, 0.717) is 22.4 Å². The maximum absolute atomic E-state index is 12.3. The number of amides is 1. The van der Waals surface area contributed by atoms with Gasteiger partial charge in [0.25, 0.3) is 5.91 Å². The highest BCUT2D eigenvalue weighted by Crippen LogP contribution is 2.34. The minimum Gasteiger partial charge on any atom is -0.489 e. The lowest BCUT2D eigenvalue weighted by atomic mass is 9.86. The van der Waals surface area contributed by atoms with Crippen LogP contribution in [0.4, 0.5) is 0 Å². The van der Waals surface area contributed by atoms with Crippen LogP contribution >= 0.6 is 11.6 Å². The van der Waals surface area contributed by atoms with Gasteiger partial charge in [0.05, 0.1) is 11.6 Å². The van der Waals surface area contributed by atoms with Crippen LogP contribution in [0, 0.1) is 0 Å². The quantitative estimate of drug-likeness (QED) is 0.869. The summed E-state index contributed by atoms with van der Waals surface area (Å²) in [5.41, 5.74) is 0.427. The number of halogens is 1. The van der Waals surface area contributed by atoms with Crippen LogP contribution in [0.3, 0.4) is 0 Å². The molecule has 1 aromatic carbocycles. The fraction of sp³-hybridized carbons (Fsp3) is 0.632. The van der Waals surface area contributed by atoms with Gasteiger partial charge in [-0.05, 0) is 44.1 Å². The SMILES string of the molecule is O=C(c1ccc(OC2CC(N3CCCCC3)C2)c(Cl)c1)N1CC(O)CO1. The molecule has 1 aromatic rings. The second kappa shape index (κ2) is 7.72. The Morgan fingerprint density at radius 3 is 2.65 bits per heavy atom. The van der Waals surface area contributed by atoms with Gasteiger partial charge in [-0.15, -0.1) is 0 Å². The van der Waals surface area contributed by atoms with Crippen molar-refractivity contribution in [2.45, 2.75) is 50.4 Å². The summed E-state index contributed by atoms with van der Waals surface area (Å²) >= 11 is 6.32. The molecule has 7 heteroatoms. The zero-order chi connectivity index (χ0) is 18.1. The fourth-order valence-corrected chi connectivity index (χ4v) is 4.11. The summed E-state index contributed by atoms with van der Waals surface area (Å²) in [6.45, 7) is 2.74. The number of nitrogens with zero attached hydrogens (tertiary/aromatic N) is 2. The van der Waals surface area contributed by atoms with Crippen molar-refractivity contribution in [2.24, 2.45) is 0 Å². The lowest BCUT2D eigenvalue weighted by Gasteiger charge is -2.44. The van der Waals surface area contributed by atoms with Gasteiger partial charge in [0.1, 0.15) is 24.6 Å². The Hall–Kier alpha value is -1.34. The van der Waals surface area contributed by atoms with Crippen LogP contribution in [0.2, 0.25) is 5.02 Å². The van der Waals surface area contributed by atoms with Crippen molar-refractivity contribution in [3.8, 4) is 5.75 Å². The van der Waals surface area contributed by atoms with Gasteiger partial charge in [-0.2, -0.15) is 0 Å². The Morgan fingerprint density at radius 2 is 2.00 bits per heavy atom. The zero-order valence-corrected chi connectivity index (χ0v) is 15.5. The van der Waals surface area contributed by atoms with Crippen LogP contribution in [-0.2, 0) is 4.84 Å². The Balaban J connectivity index is 1.32. The third-order valence-electron chi connectivity index (χ3n) is 5.48. The van der Waals surface area contributed by atoms with Crippen molar-refractivity contribution < 1.29 is 19.5 Å². The van der Waals surface area contributed by atoms with Crippen LogP contribution in [0.1, 0.15) is 42.5 Å². The average Bonchev–Trinajstić information content (AvgIpc) is 3.05. The zero-order valence-electron chi connectivity index (χ0n) is 14.8. The number of aliphatic hydroxyl groups is 1. The first kappa shape index (κ1) is 18.0. The van der Waals surface area contributed by atoms with Gasteiger partial charge in [0, 0.05) is 24.4 Å². The van der Waals surface area contributed by atoms with Gasteiger partial charge in [-0.25, -0.2) is 5.06 Å². The second-order valence-corrected chi connectivity index (χ2v) is 7.83. The van der Waals surface area contributed by atoms with Crippen LogP contribution in [0.15, 0.2) is 18.2 Å². The van der Waals surface area contributed by atoms with Crippen LogP contribution < -0.4 is 4.74 Å². The predicted molar refractivity (Wildman–Crippen MR) is 97.3 cm³/mol. The monoisotopic (exact) mass is 380 g/mol. The molecule has 0 aromatic heterocycles. The third-order valence-corrected chi connectivity index (χ3v) is 5.77. The molecule has 142 valence electrons. The standard InChI is InChI=1S/C19H25ClN2O4/c20-17-8-13(19(24)22-11-15(23)12-25-22)4-5-18(17)26-16-9-14(10-16)21-6-2-1-3-7-21/h4-5,8,14-16,23H,1-3,6-7,9-12H2. The summed E-state index contributed by atoms with van der Waals surface area (Å²) in [5.74, 6) is 0.316. The molecule has 6 nitrogen and oxygen atoms in total. The van der Waals surface area contributed by atoms with E-state index in [1.54, 1.807) is 18.2 Å². The molecule has 1 N–H and O–H groups in total. The van der Waals surface area contributed by atoms with Gasteiger partial charge in [-0.3, -0.25) is 9.63 Å². The molecule has 0 radical (unpaired) electrons. The minimum atomic E-state index is -0.636. The number of hydrogen-bond donors (Lipinski definition) is 1. The molecule has 2 heterocycles. The van der Waals surface area contributed by atoms with Gasteiger partial charge in [0.2, 0.25) is 0 Å². The van der Waals surface area contributed by atoms with E-state index in [0.717, 1.165) is 12.8 Å². The molecule has 2 saturated heterocycles. The summed E-state index contributed by atoms with van der Waals surface area (Å²) < 4.78 is 6.02. The maximum Gasteiger partial charge on any atom is 0.277 e. The van der Waals surface area contributed by atoms with Gasteiger partial charge < -0.3 is 14.7 Å². The van der Waals surface area contributed by atoms with Crippen molar-refractivity contribution in [3.63, 3.8) is 0 Å². The number of benzene rings is 1. The van der Waals surface area contributed by atoms with E-state index in [1.165, 1.54) is 37.4 Å². The molecule has 0 spiro atoms. The summed E-state index contributed by atoms with van der Waals surface area (Å²) in [6, 6.07) is 5.68. The Kier molecular flexibility index (Phi) is 5.36. The van der Waals surface area contributed by atoms with E-state index in [9.17, 15) is 9.90 Å². The van der Waals surface area contributed by atoms with Gasteiger partial charge in [0.15, 0.2) is 0 Å². The average molecular weight is 381 g/mol. The topological polar surface area (TPSA) is 62.2 Å². The van der Waals surface area contributed by atoms with E-state index in [-0.39, 0.29) is 25.2 Å². The predicted octanol–water partition coefficient (Wildman–Crippen LogP) is 2.48. The molecular formula is C19H25ClN2O4. The minimum absolute atomic E-state index is 0.139. The van der Waals surface area contributed by atoms with Gasteiger partial charge >= 0.3 is 0 Å². The van der Waals surface area contributed by atoms with E-state index < -0.39 is 6.10 Å². The fourth-order valence-electron chi connectivity index (χ4n) is 3.88. The number of carbonyl (C=O) groups excluding carboxylic acids is 1. The van der Waals surface area contributed by atoms with E-state index in [1.807, 2.05) is 0 Å². The van der Waals surface area contributed by atoms with Crippen molar-refractivity contribution in [2.75, 3.05) is 26.2 Å². The van der Waals surface area contributed by atoms with E-state index in [2.05, 4.69) is 4.90 Å². The largest absolute Gasteiger partial charge is 0.489 e. The van der Waals surface area contributed by atoms with Crippen molar-refractivity contribution >= 4 is 17.5 Å². The number of piperidine rings is 1. The molecular weight excluding hydrogens is 356 g/mol. The maximum atomic E-state index is 12.3. The first-order chi connectivity index (χ1) is 12.6. The number of aliphatic hydroxyl groups excluding tert-OH is 1. The Morgan fingerprint density at radius 1 is 1.23 bits per heavy atom. The molecule has 1 atom stereocenters. The van der Waals surface area contributed by atoms with Crippen LogP contribution in [0.5, 0.6) is 5.75 Å². The lowest BCUT2D eigenvalue weighted by Crippen LogP contribution is -2.50. The Bertz CT molecular complexity index is 659. The summed E-state index contributed by atoms with van der Waals surface area (Å²) in [7, 11) is 0. The summed E-state index contributed by atoms with van der Waals surface area (Å²) in [4.78, 5) is 20.1. The van der Waals surface area contributed by atoms with Crippen LogP contribution in [0.25, 0.3) is 0 Å². The molecule has 2 aliphatic heterocycles. The number of likely N-dealkylation sites (tertiary alicyclic amines) is 1. The number of ether oxygens (including phenoxy) is 1. The summed E-state index contributed by atoms with van der Waals surface area (Å²) in [5, 5.41) is 11.1. The highest BCUT2D eigenvalue weighted by atomic mass is 35.5. The molecule has 26 heavy (non-hydrogen) atoms. The van der Waals surface area contributed by atoms with Crippen molar-refractivity contribution in [3.05, 3.63) is 28.8 Å². The molecule has 1 saturated carbocycles. The highest BCUT2D eigenvalue weighted by molar-refractivity contribution is 6.32. The number of rotatable bonds is 4. The number of hydrogen-bond acceptors (Lipinski definition) is 5. The molecule has 3 aliphatic rings. The van der Waals surface area contributed by atoms with E-state index in [4.69, 9.17) is 21.2 Å². The first-order valence-electron chi connectivity index (χ1n) is 9.43. The highest BCUT2D eigenvalue weighted by Gasteiger charge is 2.36. The summed E-state index contributed by atoms with van der Waals surface area (Å²) in [6.07, 6.45) is 5.60. The lowest BCUT2D eigenvalue weighted by molar-refractivity contribution is -0.0779. The number of carbonyl (C=O) groups is 1. The number of β-amino-alcohol motifs (C(OH)–C–C–N with tert-alkyl or cyclic N) is 1. The van der Waals surface area contributed by atoms with Crippen molar-refractivity contribution in [1.82, 2.24) is 9.96 Å². The first-order valence-corrected chi connectivity index (χ1v) is 9.81. The smallest absolute Gasteiger partial charge is 0.277 e. The molecule has 0 bridgehead atoms. The molecule has 1 aliphatic carbocycles. The third kappa shape index (κ3) is 3.83. The molecule has 3 fully saturated rings. The Labute approximate surface area is 158 Å². The van der Waals surface area contributed by atoms with Crippen molar-refractivity contribution in [1.29, 1.82) is 0 Å². The molecule has 1 unspecified atom stereocenters. The number of hydroxylamine groups is 2. The molecule has 4 rings (SSSR count). The normalized spacial score (nSPS) is 29.5. The van der Waals surface area contributed by atoms with Gasteiger partial charge in [-0.1, -0.05) is 18.0 Å². The second-order valence-electron chi connectivity index (χ2n) is 7.42. The molecule has 1 amide bonds.